The zero-order chi connectivity index (χ0) is 15.6. The van der Waals surface area contributed by atoms with Crippen LogP contribution in [0, 0.1) is 12.7 Å². The molecule has 0 unspecified atom stereocenters. The van der Waals surface area contributed by atoms with E-state index in [1.54, 1.807) is 24.0 Å². The molecule has 0 spiro atoms. The molecule has 21 heavy (non-hydrogen) atoms. The molecule has 0 fully saturated rings. The van der Waals surface area contributed by atoms with E-state index in [2.05, 4.69) is 9.71 Å². The summed E-state index contributed by atoms with van der Waals surface area (Å²) in [5.41, 5.74) is 0.117. The Morgan fingerprint density at radius 1 is 1.43 bits per heavy atom. The van der Waals surface area contributed by atoms with Gasteiger partial charge in [-0.1, -0.05) is 0 Å². The Labute approximate surface area is 122 Å². The molecular weight excluding hydrogens is 297 g/mol. The van der Waals surface area contributed by atoms with Gasteiger partial charge in [-0.3, -0.25) is 0 Å². The largest absolute Gasteiger partial charge is 0.392 e. The number of aliphatic hydroxyl groups excluding tert-OH is 1. The number of imidazole rings is 1. The maximum atomic E-state index is 13.6. The summed E-state index contributed by atoms with van der Waals surface area (Å²) in [7, 11) is -2.05. The molecule has 0 radical (unpaired) electrons. The summed E-state index contributed by atoms with van der Waals surface area (Å²) in [6.45, 7) is 0.915. The smallest absolute Gasteiger partial charge is 0.240 e. The number of rotatable bonds is 5. The molecule has 0 aliphatic carbocycles. The lowest BCUT2D eigenvalue weighted by Gasteiger charge is -2.10. The molecule has 0 aliphatic rings. The predicted octanol–water partition coefficient (Wildman–Crippen LogP) is 0.838. The van der Waals surface area contributed by atoms with Gasteiger partial charge in [-0.15, -0.1) is 0 Å². The lowest BCUT2D eigenvalue weighted by atomic mass is 10.1. The molecule has 2 N–H and O–H groups in total. The zero-order valence-electron chi connectivity index (χ0n) is 11.7. The van der Waals surface area contributed by atoms with Gasteiger partial charge < -0.3 is 9.67 Å². The Kier molecular flexibility index (Phi) is 4.40. The quantitative estimate of drug-likeness (QED) is 0.856. The number of halogens is 1. The second-order valence-corrected chi connectivity index (χ2v) is 6.42. The van der Waals surface area contributed by atoms with Gasteiger partial charge in [-0.2, -0.15) is 0 Å². The van der Waals surface area contributed by atoms with Gasteiger partial charge in [0.05, 0.1) is 18.0 Å². The summed E-state index contributed by atoms with van der Waals surface area (Å²) in [6.07, 6.45) is 3.27. The normalized spacial score (nSPS) is 11.8. The van der Waals surface area contributed by atoms with Crippen molar-refractivity contribution in [3.63, 3.8) is 0 Å². The van der Waals surface area contributed by atoms with E-state index in [1.165, 1.54) is 13.0 Å². The molecule has 0 saturated heterocycles. The van der Waals surface area contributed by atoms with Crippen LogP contribution in [0.25, 0.3) is 0 Å². The minimum Gasteiger partial charge on any atom is -0.392 e. The maximum Gasteiger partial charge on any atom is 0.240 e. The molecular formula is C13H16FN3O3S. The highest BCUT2D eigenvalue weighted by Gasteiger charge is 2.18. The summed E-state index contributed by atoms with van der Waals surface area (Å²) >= 11 is 0. The first-order chi connectivity index (χ1) is 9.85. The standard InChI is InChI=1S/C13H16FN3O3S/c1-9-5-11(6-10(8-18)13(9)14)21(19,20)16-7-12-15-3-4-17(12)2/h3-6,16,18H,7-8H2,1-2H3. The Morgan fingerprint density at radius 3 is 2.71 bits per heavy atom. The van der Waals surface area contributed by atoms with E-state index < -0.39 is 22.4 Å². The number of aliphatic hydroxyl groups is 1. The van der Waals surface area contributed by atoms with Crippen molar-refractivity contribution in [3.05, 3.63) is 47.3 Å². The number of aryl methyl sites for hydroxylation is 2. The monoisotopic (exact) mass is 313 g/mol. The highest BCUT2D eigenvalue weighted by atomic mass is 32.2. The topological polar surface area (TPSA) is 84.2 Å². The molecule has 0 saturated carbocycles. The van der Waals surface area contributed by atoms with E-state index >= 15 is 0 Å². The first kappa shape index (κ1) is 15.6. The predicted molar refractivity (Wildman–Crippen MR) is 74.3 cm³/mol. The zero-order valence-corrected chi connectivity index (χ0v) is 12.5. The van der Waals surface area contributed by atoms with E-state index in [0.29, 0.717) is 5.82 Å². The number of nitrogens with zero attached hydrogens (tertiary/aromatic N) is 2. The van der Waals surface area contributed by atoms with E-state index in [4.69, 9.17) is 5.11 Å². The lowest BCUT2D eigenvalue weighted by molar-refractivity contribution is 0.275. The lowest BCUT2D eigenvalue weighted by Crippen LogP contribution is -2.25. The molecule has 8 heteroatoms. The van der Waals surface area contributed by atoms with Gasteiger partial charge in [-0.05, 0) is 24.6 Å². The molecule has 0 bridgehead atoms. The molecule has 0 amide bonds. The highest BCUT2D eigenvalue weighted by Crippen LogP contribution is 2.19. The van der Waals surface area contributed by atoms with E-state index in [1.807, 2.05) is 0 Å². The highest BCUT2D eigenvalue weighted by molar-refractivity contribution is 7.89. The van der Waals surface area contributed by atoms with Crippen molar-refractivity contribution in [2.24, 2.45) is 7.05 Å². The van der Waals surface area contributed by atoms with Crippen LogP contribution in [0.5, 0.6) is 0 Å². The minimum absolute atomic E-state index is 0.0245. The van der Waals surface area contributed by atoms with Crippen LogP contribution in [0.1, 0.15) is 17.0 Å². The van der Waals surface area contributed by atoms with Crippen molar-refractivity contribution in [3.8, 4) is 0 Å². The second kappa shape index (κ2) is 5.92. The Bertz CT molecular complexity index is 756. The third kappa shape index (κ3) is 3.29. The average molecular weight is 313 g/mol. The van der Waals surface area contributed by atoms with Crippen LogP contribution in [0.3, 0.4) is 0 Å². The fraction of sp³-hybridized carbons (Fsp3) is 0.308. The Hall–Kier alpha value is -1.77. The number of hydrogen-bond acceptors (Lipinski definition) is 4. The van der Waals surface area contributed by atoms with Crippen LogP contribution in [0.15, 0.2) is 29.4 Å². The van der Waals surface area contributed by atoms with Crippen molar-refractivity contribution in [1.29, 1.82) is 0 Å². The molecule has 0 aliphatic heterocycles. The number of benzene rings is 1. The Balaban J connectivity index is 2.27. The third-order valence-corrected chi connectivity index (χ3v) is 4.51. The molecule has 0 atom stereocenters. The van der Waals surface area contributed by atoms with Crippen molar-refractivity contribution < 1.29 is 17.9 Å². The molecule has 1 heterocycles. The van der Waals surface area contributed by atoms with Crippen LogP contribution in [-0.4, -0.2) is 23.1 Å². The van der Waals surface area contributed by atoms with Gasteiger partial charge in [0.15, 0.2) is 0 Å². The summed E-state index contributed by atoms with van der Waals surface area (Å²) < 4.78 is 42.2. The van der Waals surface area contributed by atoms with Crippen molar-refractivity contribution in [2.75, 3.05) is 0 Å². The van der Waals surface area contributed by atoms with Crippen molar-refractivity contribution in [2.45, 2.75) is 25.0 Å². The molecule has 2 rings (SSSR count). The van der Waals surface area contributed by atoms with Crippen LogP contribution in [0.4, 0.5) is 4.39 Å². The van der Waals surface area contributed by atoms with Gasteiger partial charge in [-0.25, -0.2) is 22.5 Å². The first-order valence-electron chi connectivity index (χ1n) is 6.21. The molecule has 2 aromatic rings. The van der Waals surface area contributed by atoms with E-state index in [9.17, 15) is 12.8 Å². The van der Waals surface area contributed by atoms with Crippen molar-refractivity contribution in [1.82, 2.24) is 14.3 Å². The summed E-state index contributed by atoms with van der Waals surface area (Å²) in [4.78, 5) is 3.93. The summed E-state index contributed by atoms with van der Waals surface area (Å²) in [5.74, 6) is -0.0414. The van der Waals surface area contributed by atoms with Crippen molar-refractivity contribution >= 4 is 10.0 Å². The van der Waals surface area contributed by atoms with E-state index in [-0.39, 0.29) is 22.6 Å². The van der Waals surface area contributed by atoms with Crippen LogP contribution < -0.4 is 4.72 Å². The van der Waals surface area contributed by atoms with Gasteiger partial charge in [0.2, 0.25) is 10.0 Å². The van der Waals surface area contributed by atoms with Gasteiger partial charge in [0.1, 0.15) is 11.6 Å². The number of aromatic nitrogens is 2. The van der Waals surface area contributed by atoms with Crippen LogP contribution >= 0.6 is 0 Å². The summed E-state index contributed by atoms with van der Waals surface area (Å²) in [6, 6.07) is 2.36. The fourth-order valence-corrected chi connectivity index (χ4v) is 3.00. The fourth-order valence-electron chi connectivity index (χ4n) is 1.89. The molecule has 114 valence electrons. The molecule has 6 nitrogen and oxygen atoms in total. The van der Waals surface area contributed by atoms with Crippen LogP contribution in [0.2, 0.25) is 0 Å². The number of hydrogen-bond donors (Lipinski definition) is 2. The molecule has 1 aromatic carbocycles. The van der Waals surface area contributed by atoms with Gasteiger partial charge in [0, 0.05) is 25.0 Å². The molecule has 1 aromatic heterocycles. The third-order valence-electron chi connectivity index (χ3n) is 3.13. The Morgan fingerprint density at radius 2 is 2.14 bits per heavy atom. The van der Waals surface area contributed by atoms with Gasteiger partial charge in [0.25, 0.3) is 0 Å². The van der Waals surface area contributed by atoms with E-state index in [0.717, 1.165) is 6.07 Å². The number of sulfonamides is 1. The second-order valence-electron chi connectivity index (χ2n) is 4.65. The number of nitrogens with one attached hydrogen (secondary N) is 1. The van der Waals surface area contributed by atoms with Crippen LogP contribution in [-0.2, 0) is 30.2 Å². The average Bonchev–Trinajstić information content (AvgIpc) is 2.85. The first-order valence-corrected chi connectivity index (χ1v) is 7.69. The minimum atomic E-state index is -3.81. The summed E-state index contributed by atoms with van der Waals surface area (Å²) in [5, 5.41) is 9.08. The SMILES string of the molecule is Cc1cc(S(=O)(=O)NCc2nccn2C)cc(CO)c1F. The van der Waals surface area contributed by atoms with Gasteiger partial charge >= 0.3 is 0 Å². The maximum absolute atomic E-state index is 13.6.